The molecule has 0 saturated carbocycles. The number of nitrogens with zero attached hydrogens (tertiary/aromatic N) is 3. The van der Waals surface area contributed by atoms with Gasteiger partial charge in [0.25, 0.3) is 0 Å². The van der Waals surface area contributed by atoms with Gasteiger partial charge in [0.15, 0.2) is 0 Å². The Morgan fingerprint density at radius 1 is 1.23 bits per heavy atom. The molecule has 2 saturated heterocycles. The molecule has 3 rings (SSSR count). The topological polar surface area (TPSA) is 116 Å². The predicted molar refractivity (Wildman–Crippen MR) is 94.2 cm³/mol. The van der Waals surface area contributed by atoms with E-state index in [-0.39, 0.29) is 41.8 Å². The van der Waals surface area contributed by atoms with Crippen molar-refractivity contribution < 1.29 is 21.6 Å². The van der Waals surface area contributed by atoms with E-state index in [9.17, 15) is 21.6 Å². The second-order valence-corrected chi connectivity index (χ2v) is 10.3. The van der Waals surface area contributed by atoms with Gasteiger partial charge in [-0.25, -0.2) is 21.1 Å². The zero-order valence-electron chi connectivity index (χ0n) is 14.3. The van der Waals surface area contributed by atoms with Gasteiger partial charge in [0.1, 0.15) is 0 Å². The molecule has 0 bridgehead atoms. The van der Waals surface area contributed by atoms with Crippen LogP contribution in [0.1, 0.15) is 24.8 Å². The summed E-state index contributed by atoms with van der Waals surface area (Å²) in [5.41, 5.74) is 0.534. The molecule has 2 fully saturated rings. The number of amides is 1. The number of carbonyl (C=O) groups excluding carboxylic acids is 1. The normalized spacial score (nSPS) is 21.7. The second kappa shape index (κ2) is 6.64. The van der Waals surface area contributed by atoms with Crippen LogP contribution in [0.3, 0.4) is 0 Å². The fourth-order valence-electron chi connectivity index (χ4n) is 3.28. The van der Waals surface area contributed by atoms with Crippen LogP contribution in [0.2, 0.25) is 0 Å². The molecule has 0 atom stereocenters. The largest absolute Gasteiger partial charge is 0.273 e. The van der Waals surface area contributed by atoms with Gasteiger partial charge in [0, 0.05) is 25.4 Å². The molecular weight excluding hydrogens is 378 g/mol. The zero-order valence-corrected chi connectivity index (χ0v) is 15.9. The summed E-state index contributed by atoms with van der Waals surface area (Å²) >= 11 is 0. The van der Waals surface area contributed by atoms with Gasteiger partial charge in [0.2, 0.25) is 26.0 Å². The van der Waals surface area contributed by atoms with Gasteiger partial charge in [-0.15, -0.1) is 0 Å². The van der Waals surface area contributed by atoms with E-state index in [0.29, 0.717) is 18.4 Å². The number of piperidine rings is 1. The Morgan fingerprint density at radius 3 is 2.38 bits per heavy atom. The van der Waals surface area contributed by atoms with Gasteiger partial charge in [-0.2, -0.15) is 9.57 Å². The molecular formula is C16H19N3O5S2. The van der Waals surface area contributed by atoms with Crippen LogP contribution in [0.4, 0.5) is 5.69 Å². The summed E-state index contributed by atoms with van der Waals surface area (Å²) < 4.78 is 51.9. The number of rotatable bonds is 3. The summed E-state index contributed by atoms with van der Waals surface area (Å²) in [5, 5.41) is 8.94. The van der Waals surface area contributed by atoms with Crippen LogP contribution in [0, 0.1) is 24.2 Å². The number of aryl methyl sites for hydroxylation is 1. The average molecular weight is 397 g/mol. The maximum atomic E-state index is 12.9. The number of sulfonamides is 2. The SMILES string of the molecule is Cc1cc(N2C(=O)CCS2(=O)=O)ccc1S(=O)(=O)N1CCC(C#N)CC1. The van der Waals surface area contributed by atoms with Gasteiger partial charge in [0.05, 0.1) is 22.4 Å². The van der Waals surface area contributed by atoms with Crippen LogP contribution in [-0.4, -0.2) is 45.9 Å². The van der Waals surface area contributed by atoms with E-state index in [0.717, 1.165) is 4.31 Å². The highest BCUT2D eigenvalue weighted by Crippen LogP contribution is 2.31. The van der Waals surface area contributed by atoms with E-state index in [1.54, 1.807) is 6.92 Å². The number of carbonyl (C=O) groups is 1. The number of nitriles is 1. The zero-order chi connectivity index (χ0) is 19.1. The Kier molecular flexibility index (Phi) is 4.81. The van der Waals surface area contributed by atoms with Gasteiger partial charge < -0.3 is 0 Å². The molecule has 1 aromatic carbocycles. The Labute approximate surface area is 153 Å². The minimum atomic E-state index is -3.74. The van der Waals surface area contributed by atoms with Crippen LogP contribution in [0.25, 0.3) is 0 Å². The summed E-state index contributed by atoms with van der Waals surface area (Å²) in [6.07, 6.45) is 0.913. The molecule has 1 aromatic rings. The highest BCUT2D eigenvalue weighted by atomic mass is 32.2. The van der Waals surface area contributed by atoms with E-state index in [2.05, 4.69) is 6.07 Å². The van der Waals surface area contributed by atoms with Gasteiger partial charge in [-0.1, -0.05) is 0 Å². The lowest BCUT2D eigenvalue weighted by Crippen LogP contribution is -2.38. The third-order valence-electron chi connectivity index (χ3n) is 4.73. The number of anilines is 1. The smallest absolute Gasteiger partial charge is 0.243 e. The van der Waals surface area contributed by atoms with E-state index >= 15 is 0 Å². The average Bonchev–Trinajstić information content (AvgIpc) is 2.87. The van der Waals surface area contributed by atoms with Crippen molar-refractivity contribution in [3.05, 3.63) is 23.8 Å². The van der Waals surface area contributed by atoms with Crippen molar-refractivity contribution in [2.45, 2.75) is 31.1 Å². The standard InChI is InChI=1S/C16H19N3O5S2/c1-12-10-14(19-16(20)6-9-25(19,21)22)2-3-15(12)26(23,24)18-7-4-13(11-17)5-8-18/h2-3,10,13H,4-9H2,1H3. The number of hydrogen-bond acceptors (Lipinski definition) is 6. The molecule has 1 amide bonds. The van der Waals surface area contributed by atoms with Crippen LogP contribution >= 0.6 is 0 Å². The molecule has 140 valence electrons. The van der Waals surface area contributed by atoms with Gasteiger partial charge in [-0.3, -0.25) is 4.79 Å². The van der Waals surface area contributed by atoms with E-state index in [1.807, 2.05) is 0 Å². The molecule has 0 spiro atoms. The quantitative estimate of drug-likeness (QED) is 0.751. The molecule has 0 N–H and O–H groups in total. The first-order valence-electron chi connectivity index (χ1n) is 8.23. The third kappa shape index (κ3) is 3.22. The first kappa shape index (κ1) is 18.8. The Bertz CT molecular complexity index is 987. The Hall–Kier alpha value is -1.96. The van der Waals surface area contributed by atoms with Crippen molar-refractivity contribution in [2.24, 2.45) is 5.92 Å². The molecule has 26 heavy (non-hydrogen) atoms. The Balaban J connectivity index is 1.91. The number of benzene rings is 1. The molecule has 2 aliphatic rings. The fourth-order valence-corrected chi connectivity index (χ4v) is 6.41. The lowest BCUT2D eigenvalue weighted by Gasteiger charge is -2.29. The van der Waals surface area contributed by atoms with Crippen molar-refractivity contribution in [1.29, 1.82) is 5.26 Å². The molecule has 0 aliphatic carbocycles. The maximum absolute atomic E-state index is 12.9. The first-order chi connectivity index (χ1) is 12.2. The van der Waals surface area contributed by atoms with Gasteiger partial charge in [-0.05, 0) is 43.5 Å². The van der Waals surface area contributed by atoms with Crippen LogP contribution in [-0.2, 0) is 24.8 Å². The molecule has 2 aliphatic heterocycles. The molecule has 10 heteroatoms. The fraction of sp³-hybridized carbons (Fsp3) is 0.500. The summed E-state index contributed by atoms with van der Waals surface area (Å²) in [5.74, 6) is -0.881. The van der Waals surface area contributed by atoms with E-state index < -0.39 is 26.0 Å². The van der Waals surface area contributed by atoms with Crippen molar-refractivity contribution >= 4 is 31.6 Å². The summed E-state index contributed by atoms with van der Waals surface area (Å²) in [6.45, 7) is 2.13. The molecule has 0 radical (unpaired) electrons. The summed E-state index contributed by atoms with van der Waals surface area (Å²) in [4.78, 5) is 12.0. The van der Waals surface area contributed by atoms with Crippen LogP contribution < -0.4 is 4.31 Å². The lowest BCUT2D eigenvalue weighted by atomic mass is 10.0. The monoisotopic (exact) mass is 397 g/mol. The second-order valence-electron chi connectivity index (χ2n) is 6.48. The first-order valence-corrected chi connectivity index (χ1v) is 11.3. The molecule has 8 nitrogen and oxygen atoms in total. The summed E-state index contributed by atoms with van der Waals surface area (Å²) in [7, 11) is -7.43. The highest BCUT2D eigenvalue weighted by molar-refractivity contribution is 7.94. The lowest BCUT2D eigenvalue weighted by molar-refractivity contribution is -0.116. The highest BCUT2D eigenvalue weighted by Gasteiger charge is 2.37. The predicted octanol–water partition coefficient (Wildman–Crippen LogP) is 0.986. The van der Waals surface area contributed by atoms with Crippen molar-refractivity contribution in [3.63, 3.8) is 0 Å². The Morgan fingerprint density at radius 2 is 1.88 bits per heavy atom. The molecule has 0 aromatic heterocycles. The summed E-state index contributed by atoms with van der Waals surface area (Å²) in [6, 6.07) is 6.27. The van der Waals surface area contributed by atoms with Gasteiger partial charge >= 0.3 is 0 Å². The minimum absolute atomic E-state index is 0.0741. The van der Waals surface area contributed by atoms with Crippen LogP contribution in [0.15, 0.2) is 23.1 Å². The third-order valence-corrected chi connectivity index (χ3v) is 8.48. The van der Waals surface area contributed by atoms with Crippen molar-refractivity contribution in [1.82, 2.24) is 4.31 Å². The van der Waals surface area contributed by atoms with Crippen molar-refractivity contribution in [2.75, 3.05) is 23.1 Å². The maximum Gasteiger partial charge on any atom is 0.243 e. The van der Waals surface area contributed by atoms with E-state index in [4.69, 9.17) is 5.26 Å². The number of hydrogen-bond donors (Lipinski definition) is 0. The molecule has 0 unspecified atom stereocenters. The molecule has 2 heterocycles. The van der Waals surface area contributed by atoms with Crippen molar-refractivity contribution in [3.8, 4) is 6.07 Å². The van der Waals surface area contributed by atoms with E-state index in [1.165, 1.54) is 22.5 Å². The minimum Gasteiger partial charge on any atom is -0.273 e. The van der Waals surface area contributed by atoms with Crippen LogP contribution in [0.5, 0.6) is 0 Å².